The summed E-state index contributed by atoms with van der Waals surface area (Å²) in [5.41, 5.74) is -4.21. The van der Waals surface area contributed by atoms with Gasteiger partial charge >= 0.3 is 6.18 Å². The number of hydrogen-bond donors (Lipinski definition) is 1. The van der Waals surface area contributed by atoms with E-state index in [0.717, 1.165) is 19.3 Å². The van der Waals surface area contributed by atoms with E-state index in [9.17, 15) is 35.5 Å². The van der Waals surface area contributed by atoms with E-state index in [1.807, 2.05) is 0 Å². The van der Waals surface area contributed by atoms with Gasteiger partial charge in [-0.05, 0) is 12.3 Å². The summed E-state index contributed by atoms with van der Waals surface area (Å²) >= 11 is 0. The highest BCUT2D eigenvalue weighted by Gasteiger charge is 2.42. The third-order valence-corrected chi connectivity index (χ3v) is 4.80. The molecule has 0 radical (unpaired) electrons. The van der Waals surface area contributed by atoms with Crippen molar-refractivity contribution in [1.29, 1.82) is 0 Å². The van der Waals surface area contributed by atoms with Gasteiger partial charge < -0.3 is 5.32 Å². The van der Waals surface area contributed by atoms with Crippen LogP contribution < -0.4 is 5.32 Å². The summed E-state index contributed by atoms with van der Waals surface area (Å²) in [6, 6.07) is 0. The molecule has 0 atom stereocenters. The minimum atomic E-state index is -5.61. The fraction of sp³-hybridized carbons (Fsp3) is 0.611. The predicted molar refractivity (Wildman–Crippen MR) is 84.9 cm³/mol. The van der Waals surface area contributed by atoms with Crippen LogP contribution in [0.1, 0.15) is 63.4 Å². The fourth-order valence-electron chi connectivity index (χ4n) is 3.39. The third kappa shape index (κ3) is 5.35. The molecule has 1 fully saturated rings. The number of carbonyl (C=O) groups excluding carboxylic acids is 1. The van der Waals surface area contributed by atoms with E-state index in [1.54, 1.807) is 5.32 Å². The summed E-state index contributed by atoms with van der Waals surface area (Å²) in [6.45, 7) is 0. The second-order valence-corrected chi connectivity index (χ2v) is 6.80. The van der Waals surface area contributed by atoms with Gasteiger partial charge in [0.25, 0.3) is 0 Å². The van der Waals surface area contributed by atoms with Gasteiger partial charge in [0.1, 0.15) is 11.3 Å². The van der Waals surface area contributed by atoms with Crippen LogP contribution in [0.15, 0.2) is 0 Å². The molecule has 0 aromatic heterocycles. The minimum Gasteiger partial charge on any atom is -0.321 e. The Morgan fingerprint density at radius 3 is 1.96 bits per heavy atom. The quantitative estimate of drug-likeness (QED) is 0.338. The van der Waals surface area contributed by atoms with E-state index in [0.29, 0.717) is 18.8 Å². The smallest absolute Gasteiger partial charge is 0.321 e. The maximum Gasteiger partial charge on any atom is 0.422 e. The van der Waals surface area contributed by atoms with Gasteiger partial charge in [-0.15, -0.1) is 0 Å². The number of carbonyl (C=O) groups is 1. The number of anilines is 1. The number of rotatable bonds is 6. The average molecular weight is 399 g/mol. The van der Waals surface area contributed by atoms with Gasteiger partial charge in [0.2, 0.25) is 5.91 Å². The molecule has 0 aliphatic heterocycles. The highest BCUT2D eigenvalue weighted by molar-refractivity contribution is 5.91. The molecule has 1 amide bonds. The predicted octanol–water partition coefficient (Wildman–Crippen LogP) is 6.34. The first-order valence-electron chi connectivity index (χ1n) is 8.86. The zero-order valence-corrected chi connectivity index (χ0v) is 14.5. The van der Waals surface area contributed by atoms with Crippen LogP contribution in [0.5, 0.6) is 0 Å². The van der Waals surface area contributed by atoms with E-state index in [2.05, 4.69) is 0 Å². The number of benzene rings is 1. The molecule has 1 aromatic carbocycles. The lowest BCUT2D eigenvalue weighted by molar-refractivity contribution is -0.143. The number of nitrogens with one attached hydrogen (secondary N) is 1. The van der Waals surface area contributed by atoms with Crippen LogP contribution in [0, 0.1) is 29.2 Å². The Balaban J connectivity index is 1.97. The van der Waals surface area contributed by atoms with Crippen molar-refractivity contribution in [2.75, 3.05) is 5.32 Å². The highest BCUT2D eigenvalue weighted by Crippen LogP contribution is 2.38. The molecule has 0 bridgehead atoms. The van der Waals surface area contributed by atoms with Gasteiger partial charge in [0.15, 0.2) is 23.3 Å². The minimum absolute atomic E-state index is 0.157. The molecule has 1 aromatic rings. The van der Waals surface area contributed by atoms with Crippen molar-refractivity contribution >= 4 is 11.6 Å². The second-order valence-electron chi connectivity index (χ2n) is 6.80. The van der Waals surface area contributed by atoms with E-state index in [-0.39, 0.29) is 6.42 Å². The fourth-order valence-corrected chi connectivity index (χ4v) is 3.39. The Kier molecular flexibility index (Phi) is 7.11. The zero-order valence-electron chi connectivity index (χ0n) is 14.5. The number of alkyl halides is 3. The van der Waals surface area contributed by atoms with Crippen molar-refractivity contribution in [1.82, 2.24) is 0 Å². The van der Waals surface area contributed by atoms with E-state index in [4.69, 9.17) is 0 Å². The molecule has 1 saturated carbocycles. The molecule has 0 unspecified atom stereocenters. The van der Waals surface area contributed by atoms with Gasteiger partial charge in [0.05, 0.1) is 0 Å². The van der Waals surface area contributed by atoms with Gasteiger partial charge in [-0.1, -0.05) is 44.9 Å². The normalized spacial score (nSPS) is 15.8. The molecule has 1 aliphatic carbocycles. The molecule has 2 nitrogen and oxygen atoms in total. The van der Waals surface area contributed by atoms with Gasteiger partial charge in [-0.3, -0.25) is 4.79 Å². The summed E-state index contributed by atoms with van der Waals surface area (Å²) in [6.07, 6.45) is 2.09. The molecule has 1 N–H and O–H groups in total. The lowest BCUT2D eigenvalue weighted by atomic mass is 9.85. The second kappa shape index (κ2) is 8.93. The van der Waals surface area contributed by atoms with Crippen LogP contribution >= 0.6 is 0 Å². The SMILES string of the molecule is O=C(CCCCC1CCCCC1)Nc1c(F)c(F)c(C(F)(F)F)c(F)c1F. The van der Waals surface area contributed by atoms with Crippen molar-refractivity contribution < 1.29 is 35.5 Å². The zero-order chi connectivity index (χ0) is 20.2. The molecule has 0 spiro atoms. The monoisotopic (exact) mass is 399 g/mol. The summed E-state index contributed by atoms with van der Waals surface area (Å²) in [5.74, 6) is -10.1. The van der Waals surface area contributed by atoms with Crippen molar-refractivity contribution in [2.24, 2.45) is 5.92 Å². The molecule has 0 heterocycles. The van der Waals surface area contributed by atoms with Crippen molar-refractivity contribution in [2.45, 2.75) is 64.0 Å². The summed E-state index contributed by atoms with van der Waals surface area (Å²) in [5, 5.41) is 1.64. The van der Waals surface area contributed by atoms with Crippen LogP contribution in [0.25, 0.3) is 0 Å². The number of hydrogen-bond acceptors (Lipinski definition) is 1. The number of amides is 1. The standard InChI is InChI=1S/C18H20F7NO/c19-13-12(18(23,24)25)14(20)16(22)17(15(13)21)26-11(27)9-5-4-8-10-6-2-1-3-7-10/h10H,1-9H2,(H,26,27). The van der Waals surface area contributed by atoms with Crippen molar-refractivity contribution in [3.05, 3.63) is 28.8 Å². The van der Waals surface area contributed by atoms with Crippen molar-refractivity contribution in [3.63, 3.8) is 0 Å². The highest BCUT2D eigenvalue weighted by atomic mass is 19.4. The molecule has 1 aliphatic rings. The summed E-state index contributed by atoms with van der Waals surface area (Å²) in [7, 11) is 0. The number of unbranched alkanes of at least 4 members (excludes halogenated alkanes) is 1. The van der Waals surface area contributed by atoms with E-state index < -0.39 is 46.6 Å². The molecule has 27 heavy (non-hydrogen) atoms. The van der Waals surface area contributed by atoms with Crippen molar-refractivity contribution in [3.8, 4) is 0 Å². The first kappa shape index (κ1) is 21.5. The van der Waals surface area contributed by atoms with Gasteiger partial charge in [0, 0.05) is 6.42 Å². The van der Waals surface area contributed by atoms with Crippen LogP contribution in [0.2, 0.25) is 0 Å². The third-order valence-electron chi connectivity index (χ3n) is 4.80. The maximum absolute atomic E-state index is 13.7. The van der Waals surface area contributed by atoms with Crippen LogP contribution in [-0.4, -0.2) is 5.91 Å². The Labute approximate surface area is 152 Å². The molecule has 9 heteroatoms. The summed E-state index contributed by atoms with van der Waals surface area (Å²) in [4.78, 5) is 11.8. The summed E-state index contributed by atoms with van der Waals surface area (Å²) < 4.78 is 92.0. The van der Waals surface area contributed by atoms with Gasteiger partial charge in [-0.2, -0.15) is 13.2 Å². The van der Waals surface area contributed by atoms with E-state index >= 15 is 0 Å². The lowest BCUT2D eigenvalue weighted by Crippen LogP contribution is -2.20. The Morgan fingerprint density at radius 1 is 0.889 bits per heavy atom. The topological polar surface area (TPSA) is 29.1 Å². The average Bonchev–Trinajstić information content (AvgIpc) is 2.60. The van der Waals surface area contributed by atoms with Crippen LogP contribution in [0.3, 0.4) is 0 Å². The van der Waals surface area contributed by atoms with Gasteiger partial charge in [-0.25, -0.2) is 17.6 Å². The van der Waals surface area contributed by atoms with Crippen LogP contribution in [-0.2, 0) is 11.0 Å². The Morgan fingerprint density at radius 2 is 1.44 bits per heavy atom. The lowest BCUT2D eigenvalue weighted by Gasteiger charge is -2.21. The molecular weight excluding hydrogens is 379 g/mol. The maximum atomic E-state index is 13.7. The number of halogens is 7. The first-order valence-corrected chi connectivity index (χ1v) is 8.86. The first-order chi connectivity index (χ1) is 12.6. The molecule has 0 saturated heterocycles. The van der Waals surface area contributed by atoms with E-state index in [1.165, 1.54) is 19.3 Å². The molecule has 2 rings (SSSR count). The Hall–Kier alpha value is -1.80. The molecule has 152 valence electrons. The largest absolute Gasteiger partial charge is 0.422 e. The molecular formula is C18H20F7NO. The van der Waals surface area contributed by atoms with Crippen LogP contribution in [0.4, 0.5) is 36.4 Å². The Bertz CT molecular complexity index is 652.